The number of hydrogen-bond acceptors (Lipinski definition) is 4. The predicted octanol–water partition coefficient (Wildman–Crippen LogP) is 1.28. The molecule has 1 fully saturated rings. The maximum absolute atomic E-state index is 11.9. The minimum Gasteiger partial charge on any atom is -0.477 e. The Bertz CT molecular complexity index is 763. The minimum atomic E-state index is -3.14. The maximum Gasteiger partial charge on any atom is 0.352 e. The number of hydrogen-bond donors (Lipinski definition) is 1. The van der Waals surface area contributed by atoms with Gasteiger partial charge in [0.1, 0.15) is 16.6 Å². The highest BCUT2D eigenvalue weighted by Gasteiger charge is 2.34. The van der Waals surface area contributed by atoms with Gasteiger partial charge < -0.3 is 5.11 Å². The number of carboxylic acid groups (broad SMARTS) is 1. The van der Waals surface area contributed by atoms with Gasteiger partial charge >= 0.3 is 5.97 Å². The second-order valence-electron chi connectivity index (χ2n) is 4.61. The van der Waals surface area contributed by atoms with Crippen molar-refractivity contribution < 1.29 is 18.3 Å². The van der Waals surface area contributed by atoms with Gasteiger partial charge in [-0.15, -0.1) is 0 Å². The highest BCUT2D eigenvalue weighted by atomic mass is 32.2. The molecule has 19 heavy (non-hydrogen) atoms. The summed E-state index contributed by atoms with van der Waals surface area (Å²) in [6.45, 7) is 0. The summed E-state index contributed by atoms with van der Waals surface area (Å²) in [5.41, 5.74) is 0.967. The van der Waals surface area contributed by atoms with Crippen LogP contribution in [0, 0.1) is 0 Å². The van der Waals surface area contributed by atoms with E-state index in [0.29, 0.717) is 24.2 Å². The second-order valence-corrected chi connectivity index (χ2v) is 6.91. The number of sulfone groups is 1. The number of imidazole rings is 1. The third kappa shape index (κ3) is 1.90. The highest BCUT2D eigenvalue weighted by molar-refractivity contribution is 7.91. The molecule has 0 amide bonds. The molecule has 2 aromatic heterocycles. The molecular formula is C12H12N2O4S. The van der Waals surface area contributed by atoms with Crippen molar-refractivity contribution in [2.75, 3.05) is 5.75 Å². The average molecular weight is 280 g/mol. The molecule has 1 saturated heterocycles. The Morgan fingerprint density at radius 2 is 2.21 bits per heavy atom. The van der Waals surface area contributed by atoms with Gasteiger partial charge in [0, 0.05) is 6.20 Å². The summed E-state index contributed by atoms with van der Waals surface area (Å²) in [6, 6.07) is 4.72. The van der Waals surface area contributed by atoms with Crippen molar-refractivity contribution in [1.82, 2.24) is 9.38 Å². The first-order valence-corrected chi connectivity index (χ1v) is 7.63. The van der Waals surface area contributed by atoms with Crippen LogP contribution in [0.5, 0.6) is 0 Å². The summed E-state index contributed by atoms with van der Waals surface area (Å²) < 4.78 is 25.2. The molecule has 1 N–H and O–H groups in total. The fourth-order valence-electron chi connectivity index (χ4n) is 2.48. The number of fused-ring (bicyclic) bond motifs is 1. The van der Waals surface area contributed by atoms with Crippen LogP contribution >= 0.6 is 0 Å². The Hall–Kier alpha value is -1.89. The molecule has 0 spiro atoms. The molecule has 0 aromatic carbocycles. The lowest BCUT2D eigenvalue weighted by Crippen LogP contribution is -2.08. The van der Waals surface area contributed by atoms with Gasteiger partial charge in [-0.05, 0) is 25.0 Å². The Morgan fingerprint density at radius 3 is 2.84 bits per heavy atom. The van der Waals surface area contributed by atoms with Crippen LogP contribution in [0.2, 0.25) is 0 Å². The third-order valence-corrected chi connectivity index (χ3v) is 5.59. The molecule has 7 heteroatoms. The summed E-state index contributed by atoms with van der Waals surface area (Å²) in [6.07, 6.45) is 2.70. The molecule has 3 heterocycles. The zero-order valence-electron chi connectivity index (χ0n) is 9.98. The fraction of sp³-hybridized carbons (Fsp3) is 0.333. The van der Waals surface area contributed by atoms with Crippen molar-refractivity contribution in [3.8, 4) is 0 Å². The van der Waals surface area contributed by atoms with Crippen LogP contribution in [0.25, 0.3) is 5.65 Å². The lowest BCUT2D eigenvalue weighted by molar-refractivity contribution is 0.0689. The van der Waals surface area contributed by atoms with Crippen molar-refractivity contribution >= 4 is 21.5 Å². The number of aromatic carboxylic acids is 1. The molecule has 6 nitrogen and oxygen atoms in total. The van der Waals surface area contributed by atoms with Crippen molar-refractivity contribution in [2.45, 2.75) is 18.1 Å². The number of carboxylic acids is 1. The first kappa shape index (κ1) is 12.2. The van der Waals surface area contributed by atoms with E-state index in [1.165, 1.54) is 16.7 Å². The summed E-state index contributed by atoms with van der Waals surface area (Å²) in [7, 11) is -3.14. The van der Waals surface area contributed by atoms with Gasteiger partial charge in [0.2, 0.25) is 0 Å². The molecule has 1 aliphatic heterocycles. The summed E-state index contributed by atoms with van der Waals surface area (Å²) in [4.78, 5) is 15.4. The van der Waals surface area contributed by atoms with E-state index >= 15 is 0 Å². The minimum absolute atomic E-state index is 0.0756. The van der Waals surface area contributed by atoms with Crippen molar-refractivity contribution in [3.63, 3.8) is 0 Å². The lowest BCUT2D eigenvalue weighted by atomic mass is 10.2. The van der Waals surface area contributed by atoms with Crippen molar-refractivity contribution in [2.24, 2.45) is 0 Å². The number of pyridine rings is 1. The van der Waals surface area contributed by atoms with E-state index in [1.54, 1.807) is 12.1 Å². The average Bonchev–Trinajstić information content (AvgIpc) is 2.90. The quantitative estimate of drug-likeness (QED) is 0.895. The van der Waals surface area contributed by atoms with Gasteiger partial charge in [-0.3, -0.25) is 4.40 Å². The number of aromatic nitrogens is 2. The van der Waals surface area contributed by atoms with E-state index in [9.17, 15) is 13.2 Å². The lowest BCUT2D eigenvalue weighted by Gasteiger charge is -2.04. The molecule has 0 bridgehead atoms. The van der Waals surface area contributed by atoms with Gasteiger partial charge in [0.05, 0.1) is 11.4 Å². The molecule has 0 saturated carbocycles. The molecule has 1 aliphatic rings. The SMILES string of the molecule is O=C(O)c1cccc2nc(C3CCCS3(=O)=O)cn12. The monoisotopic (exact) mass is 280 g/mol. The first-order chi connectivity index (χ1) is 8.99. The van der Waals surface area contributed by atoms with Crippen LogP contribution in [-0.2, 0) is 9.84 Å². The largest absolute Gasteiger partial charge is 0.477 e. The fourth-order valence-corrected chi connectivity index (χ4v) is 4.34. The van der Waals surface area contributed by atoms with E-state index < -0.39 is 21.1 Å². The van der Waals surface area contributed by atoms with Crippen LogP contribution < -0.4 is 0 Å². The normalized spacial score (nSPS) is 21.8. The zero-order chi connectivity index (χ0) is 13.6. The van der Waals surface area contributed by atoms with Gasteiger partial charge in [0.15, 0.2) is 9.84 Å². The molecule has 2 aromatic rings. The highest BCUT2D eigenvalue weighted by Crippen LogP contribution is 2.34. The number of rotatable bonds is 2. The van der Waals surface area contributed by atoms with Gasteiger partial charge in [-0.25, -0.2) is 18.2 Å². The maximum atomic E-state index is 11.9. The summed E-state index contributed by atoms with van der Waals surface area (Å²) in [5, 5.41) is 8.49. The van der Waals surface area contributed by atoms with Crippen LogP contribution in [0.3, 0.4) is 0 Å². The van der Waals surface area contributed by atoms with Crippen LogP contribution in [-0.4, -0.2) is 34.6 Å². The molecule has 0 radical (unpaired) electrons. The van der Waals surface area contributed by atoms with Gasteiger partial charge in [0.25, 0.3) is 0 Å². The van der Waals surface area contributed by atoms with E-state index in [2.05, 4.69) is 4.98 Å². The number of carbonyl (C=O) groups is 1. The number of nitrogens with zero attached hydrogens (tertiary/aromatic N) is 2. The van der Waals surface area contributed by atoms with Crippen molar-refractivity contribution in [1.29, 1.82) is 0 Å². The first-order valence-electron chi connectivity index (χ1n) is 5.92. The smallest absolute Gasteiger partial charge is 0.352 e. The zero-order valence-corrected chi connectivity index (χ0v) is 10.8. The molecule has 0 aliphatic carbocycles. The Morgan fingerprint density at radius 1 is 1.42 bits per heavy atom. The molecule has 1 atom stereocenters. The third-order valence-electron chi connectivity index (χ3n) is 3.39. The molecule has 1 unspecified atom stereocenters. The summed E-state index contributed by atoms with van der Waals surface area (Å²) >= 11 is 0. The van der Waals surface area contributed by atoms with Crippen LogP contribution in [0.15, 0.2) is 24.4 Å². The summed E-state index contributed by atoms with van der Waals surface area (Å²) in [5.74, 6) is -0.888. The standard InChI is InChI=1S/C12H12N2O4S/c15-12(16)9-3-1-5-11-13-8(7-14(9)11)10-4-2-6-19(10,17)18/h1,3,5,7,10H,2,4,6H2,(H,15,16). The van der Waals surface area contributed by atoms with E-state index in [0.717, 1.165) is 0 Å². The topological polar surface area (TPSA) is 88.7 Å². The van der Waals surface area contributed by atoms with Gasteiger partial charge in [-0.2, -0.15) is 0 Å². The molecular weight excluding hydrogens is 268 g/mol. The Labute approximate surface area is 109 Å². The van der Waals surface area contributed by atoms with E-state index in [1.807, 2.05) is 0 Å². The molecule has 100 valence electrons. The van der Waals surface area contributed by atoms with Gasteiger partial charge in [-0.1, -0.05) is 6.07 Å². The predicted molar refractivity (Wildman–Crippen MR) is 67.9 cm³/mol. The van der Waals surface area contributed by atoms with Crippen LogP contribution in [0.1, 0.15) is 34.3 Å². The Kier molecular flexibility index (Phi) is 2.60. The Balaban J connectivity index is 2.17. The van der Waals surface area contributed by atoms with Crippen molar-refractivity contribution in [3.05, 3.63) is 35.8 Å². The van der Waals surface area contributed by atoms with E-state index in [4.69, 9.17) is 5.11 Å². The van der Waals surface area contributed by atoms with E-state index in [-0.39, 0.29) is 11.4 Å². The van der Waals surface area contributed by atoms with Crippen LogP contribution in [0.4, 0.5) is 0 Å². The second kappa shape index (κ2) is 4.06. The molecule has 3 rings (SSSR count).